The van der Waals surface area contributed by atoms with Crippen molar-refractivity contribution in [2.45, 2.75) is 75.7 Å². The molecule has 1 aliphatic heterocycles. The van der Waals surface area contributed by atoms with Gasteiger partial charge in [-0.25, -0.2) is 22.9 Å². The second kappa shape index (κ2) is 10.2. The number of nitrogens with zero attached hydrogens (tertiary/aromatic N) is 3. The first-order valence-electron chi connectivity index (χ1n) is 13.6. The zero-order valence-corrected chi connectivity index (χ0v) is 22.3. The molecule has 1 aromatic carbocycles. The van der Waals surface area contributed by atoms with Crippen LogP contribution < -0.4 is 10.6 Å². The number of halogens is 6. The van der Waals surface area contributed by atoms with Crippen LogP contribution in [0.15, 0.2) is 27.3 Å². The van der Waals surface area contributed by atoms with E-state index in [1.807, 2.05) is 5.32 Å². The van der Waals surface area contributed by atoms with Gasteiger partial charge >= 0.3 is 12.2 Å². The van der Waals surface area contributed by atoms with Gasteiger partial charge in [0.1, 0.15) is 29.4 Å². The molecule has 2 N–H and O–H groups in total. The first kappa shape index (κ1) is 28.3. The van der Waals surface area contributed by atoms with E-state index in [4.69, 9.17) is 8.94 Å². The lowest BCUT2D eigenvalue weighted by molar-refractivity contribution is -0.150. The molecule has 3 aromatic rings. The summed E-state index contributed by atoms with van der Waals surface area (Å²) >= 11 is 0. The average Bonchev–Trinajstić information content (AvgIpc) is 3.30. The summed E-state index contributed by atoms with van der Waals surface area (Å²) in [6.07, 6.45) is -3.03. The van der Waals surface area contributed by atoms with Crippen LogP contribution in [0.3, 0.4) is 0 Å². The third-order valence-electron chi connectivity index (χ3n) is 8.38. The highest BCUT2D eigenvalue weighted by Crippen LogP contribution is 2.48. The Morgan fingerprint density at radius 3 is 2.48 bits per heavy atom. The summed E-state index contributed by atoms with van der Waals surface area (Å²) < 4.78 is 94.7. The van der Waals surface area contributed by atoms with E-state index >= 15 is 4.39 Å². The molecular formula is C27H27F6N5O4. The van der Waals surface area contributed by atoms with Crippen LogP contribution in [-0.2, 0) is 0 Å². The van der Waals surface area contributed by atoms with Crippen LogP contribution in [0.5, 0.6) is 0 Å². The smallest absolute Gasteiger partial charge is 0.410 e. The maximum Gasteiger partial charge on any atom is 0.410 e. The summed E-state index contributed by atoms with van der Waals surface area (Å²) in [7, 11) is 0. The van der Waals surface area contributed by atoms with E-state index in [-0.39, 0.29) is 46.9 Å². The Kier molecular flexibility index (Phi) is 6.88. The number of alkyl halides is 5. The number of rotatable bonds is 7. The number of oxazole rings is 1. The molecule has 3 heterocycles. The first-order valence-corrected chi connectivity index (χ1v) is 13.6. The van der Waals surface area contributed by atoms with E-state index in [2.05, 4.69) is 15.5 Å². The molecule has 0 spiro atoms. The van der Waals surface area contributed by atoms with Crippen molar-refractivity contribution in [2.75, 3.05) is 6.54 Å². The minimum absolute atomic E-state index is 0.000755. The second-order valence-corrected chi connectivity index (χ2v) is 11.3. The number of carbonyl (C=O) groups excluding carboxylic acids is 2. The van der Waals surface area contributed by atoms with Gasteiger partial charge in [-0.15, -0.1) is 0 Å². The van der Waals surface area contributed by atoms with Gasteiger partial charge in [0, 0.05) is 18.4 Å². The highest BCUT2D eigenvalue weighted by atomic mass is 19.4. The van der Waals surface area contributed by atoms with Crippen LogP contribution in [0, 0.1) is 24.6 Å². The first-order chi connectivity index (χ1) is 19.8. The van der Waals surface area contributed by atoms with Crippen molar-refractivity contribution in [2.24, 2.45) is 11.8 Å². The molecule has 3 amide bonds. The topological polar surface area (TPSA) is 114 Å². The number of nitrogens with one attached hydrogen (secondary N) is 2. The van der Waals surface area contributed by atoms with Crippen molar-refractivity contribution < 1.29 is 44.9 Å². The van der Waals surface area contributed by atoms with Crippen molar-refractivity contribution in [3.8, 4) is 0 Å². The van der Waals surface area contributed by atoms with Gasteiger partial charge in [-0.2, -0.15) is 13.2 Å². The van der Waals surface area contributed by atoms with Gasteiger partial charge in [0.15, 0.2) is 11.4 Å². The standard InChI is InChI=1S/C27H27F6N5O4/c1-12-16(11-41-37-12)23(39)35-20(13-6-8-26(29,30)9-7-13)24-36-21-17(42-24)5-4-15(19(21)28)22(14-2-3-14)38-10-18(27(31,32)33)34-25(38)40/h4-5,11,13-14,18,20,22H,2-3,6-10H2,1H3,(H,34,40)(H,35,39)/t18-,20+,22+/m1/s1. The van der Waals surface area contributed by atoms with Gasteiger partial charge in [0.05, 0.1) is 18.3 Å². The number of carbonyl (C=O) groups is 2. The predicted octanol–water partition coefficient (Wildman–Crippen LogP) is 5.97. The van der Waals surface area contributed by atoms with Gasteiger partial charge < -0.3 is 24.5 Å². The summed E-state index contributed by atoms with van der Waals surface area (Å²) in [6, 6.07) is -2.18. The lowest BCUT2D eigenvalue weighted by Gasteiger charge is -2.32. The van der Waals surface area contributed by atoms with Crippen molar-refractivity contribution in [3.05, 3.63) is 46.9 Å². The minimum atomic E-state index is -4.66. The summed E-state index contributed by atoms with van der Waals surface area (Å²) in [5.41, 5.74) is 0.197. The lowest BCUT2D eigenvalue weighted by Crippen LogP contribution is -2.40. The van der Waals surface area contributed by atoms with Crippen LogP contribution in [0.1, 0.15) is 78.1 Å². The fourth-order valence-corrected chi connectivity index (χ4v) is 5.93. The number of benzene rings is 1. The molecule has 42 heavy (non-hydrogen) atoms. The molecule has 3 fully saturated rings. The van der Waals surface area contributed by atoms with E-state index in [0.29, 0.717) is 18.5 Å². The molecule has 226 valence electrons. The molecule has 2 aliphatic carbocycles. The minimum Gasteiger partial charge on any atom is -0.438 e. The number of hydrogen-bond acceptors (Lipinski definition) is 6. The molecule has 2 aromatic heterocycles. The maximum atomic E-state index is 16.1. The maximum absolute atomic E-state index is 16.1. The van der Waals surface area contributed by atoms with E-state index < -0.39 is 73.3 Å². The SMILES string of the molecule is Cc1nocc1C(=O)N[C@H](c1nc2c(F)c([C@H](C3CC3)N3C[C@H](C(F)(F)F)NC3=O)ccc2o1)C1CCC(F)(F)CC1. The molecule has 6 rings (SSSR count). The summed E-state index contributed by atoms with van der Waals surface area (Å²) in [5.74, 6) is -5.15. The van der Waals surface area contributed by atoms with Crippen LogP contribution in [0.2, 0.25) is 0 Å². The van der Waals surface area contributed by atoms with Crippen LogP contribution in [0.25, 0.3) is 11.1 Å². The van der Waals surface area contributed by atoms with Crippen LogP contribution in [-0.4, -0.2) is 51.7 Å². The summed E-state index contributed by atoms with van der Waals surface area (Å²) in [5, 5.41) is 8.37. The van der Waals surface area contributed by atoms with Crippen molar-refractivity contribution in [3.63, 3.8) is 0 Å². The van der Waals surface area contributed by atoms with Crippen molar-refractivity contribution in [1.29, 1.82) is 0 Å². The van der Waals surface area contributed by atoms with Gasteiger partial charge in [0.25, 0.3) is 5.91 Å². The number of urea groups is 1. The highest BCUT2D eigenvalue weighted by molar-refractivity contribution is 5.95. The Balaban J connectivity index is 1.34. The highest BCUT2D eigenvalue weighted by Gasteiger charge is 2.51. The summed E-state index contributed by atoms with van der Waals surface area (Å²) in [6.45, 7) is 0.895. The van der Waals surface area contributed by atoms with E-state index in [1.165, 1.54) is 12.1 Å². The molecule has 0 radical (unpaired) electrons. The van der Waals surface area contributed by atoms with Gasteiger partial charge in [0.2, 0.25) is 11.8 Å². The zero-order valence-electron chi connectivity index (χ0n) is 22.3. The molecule has 3 atom stereocenters. The van der Waals surface area contributed by atoms with Crippen LogP contribution >= 0.6 is 0 Å². The Bertz CT molecular complexity index is 1510. The number of fused-ring (bicyclic) bond motifs is 1. The fraction of sp³-hybridized carbons (Fsp3) is 0.556. The van der Waals surface area contributed by atoms with Crippen LogP contribution in [0.4, 0.5) is 31.1 Å². The zero-order chi connectivity index (χ0) is 30.0. The molecule has 9 nitrogen and oxygen atoms in total. The number of hydrogen-bond donors (Lipinski definition) is 2. The Labute approximate surface area is 235 Å². The largest absolute Gasteiger partial charge is 0.438 e. The van der Waals surface area contributed by atoms with Gasteiger partial charge in [-0.1, -0.05) is 11.2 Å². The number of aromatic nitrogens is 2. The summed E-state index contributed by atoms with van der Waals surface area (Å²) in [4.78, 5) is 30.9. The average molecular weight is 600 g/mol. The van der Waals surface area contributed by atoms with Crippen molar-refractivity contribution in [1.82, 2.24) is 25.7 Å². The Morgan fingerprint density at radius 2 is 1.88 bits per heavy atom. The molecule has 15 heteroatoms. The van der Waals surface area contributed by atoms with Gasteiger partial charge in [-0.3, -0.25) is 4.79 Å². The fourth-order valence-electron chi connectivity index (χ4n) is 5.93. The van der Waals surface area contributed by atoms with Crippen molar-refractivity contribution >= 4 is 23.0 Å². The normalized spacial score (nSPS) is 22.8. The number of aryl methyl sites for hydroxylation is 1. The Morgan fingerprint density at radius 1 is 1.17 bits per heavy atom. The Hall–Kier alpha value is -3.78. The van der Waals surface area contributed by atoms with Gasteiger partial charge in [-0.05, 0) is 50.5 Å². The number of amides is 3. The monoisotopic (exact) mass is 599 g/mol. The molecule has 0 unspecified atom stereocenters. The molecule has 1 saturated heterocycles. The quantitative estimate of drug-likeness (QED) is 0.324. The molecule has 3 aliphatic rings. The van der Waals surface area contributed by atoms with E-state index in [0.717, 1.165) is 11.2 Å². The third kappa shape index (κ3) is 5.28. The predicted molar refractivity (Wildman–Crippen MR) is 133 cm³/mol. The second-order valence-electron chi connectivity index (χ2n) is 11.3. The molecule has 2 saturated carbocycles. The third-order valence-corrected chi connectivity index (χ3v) is 8.38. The molecule has 0 bridgehead atoms. The van der Waals surface area contributed by atoms with E-state index in [9.17, 15) is 31.5 Å². The van der Waals surface area contributed by atoms with E-state index in [1.54, 1.807) is 6.92 Å². The lowest BCUT2D eigenvalue weighted by atomic mass is 9.82. The molecular weight excluding hydrogens is 572 g/mol.